The second-order valence-corrected chi connectivity index (χ2v) is 10.6. The summed E-state index contributed by atoms with van der Waals surface area (Å²) in [6.07, 6.45) is 4.21. The Morgan fingerprint density at radius 2 is 1.81 bits per heavy atom. The van der Waals surface area contributed by atoms with Crippen LogP contribution in [0, 0.1) is 5.92 Å². The topological polar surface area (TPSA) is 95.9 Å². The lowest BCUT2D eigenvalue weighted by atomic mass is 9.74. The fourth-order valence-corrected chi connectivity index (χ4v) is 5.29. The van der Waals surface area contributed by atoms with Crippen LogP contribution in [0.25, 0.3) is 0 Å². The van der Waals surface area contributed by atoms with E-state index in [4.69, 9.17) is 4.74 Å². The second-order valence-electron chi connectivity index (χ2n) is 10.6. The van der Waals surface area contributed by atoms with Crippen molar-refractivity contribution in [1.29, 1.82) is 0 Å². The van der Waals surface area contributed by atoms with Crippen LogP contribution in [-0.2, 0) is 19.8 Å². The Labute approximate surface area is 220 Å². The third kappa shape index (κ3) is 7.41. The zero-order valence-corrected chi connectivity index (χ0v) is 22.4. The summed E-state index contributed by atoms with van der Waals surface area (Å²) in [5.41, 5.74) is 1.79. The lowest BCUT2D eigenvalue weighted by Crippen LogP contribution is -2.46. The number of ether oxygens (including phenoxy) is 1. The highest BCUT2D eigenvalue weighted by molar-refractivity contribution is 5.91. The van der Waals surface area contributed by atoms with Crippen molar-refractivity contribution in [3.05, 3.63) is 65.7 Å². The van der Waals surface area contributed by atoms with Gasteiger partial charge in [0.05, 0.1) is 12.3 Å². The average molecular weight is 509 g/mol. The van der Waals surface area contributed by atoms with Gasteiger partial charge in [0, 0.05) is 12.0 Å². The molecule has 200 valence electrons. The summed E-state index contributed by atoms with van der Waals surface area (Å²) in [5, 5.41) is 12.1. The number of likely N-dealkylation sites (tertiary alicyclic amines) is 1. The first-order valence-corrected chi connectivity index (χ1v) is 13.2. The predicted molar refractivity (Wildman–Crippen MR) is 144 cm³/mol. The van der Waals surface area contributed by atoms with Crippen molar-refractivity contribution in [3.63, 3.8) is 0 Å². The van der Waals surface area contributed by atoms with Gasteiger partial charge in [0.2, 0.25) is 5.91 Å². The quantitative estimate of drug-likeness (QED) is 0.355. The van der Waals surface area contributed by atoms with Crippen LogP contribution < -0.4 is 10.1 Å². The van der Waals surface area contributed by atoms with Crippen LogP contribution >= 0.6 is 0 Å². The van der Waals surface area contributed by atoms with Gasteiger partial charge < -0.3 is 20.1 Å². The third-order valence-corrected chi connectivity index (χ3v) is 7.49. The Morgan fingerprint density at radius 3 is 2.46 bits per heavy atom. The number of aliphatic carboxylic acids is 1. The van der Waals surface area contributed by atoms with Gasteiger partial charge in [-0.25, -0.2) is 4.79 Å². The number of carboxylic acids is 1. The van der Waals surface area contributed by atoms with E-state index in [1.54, 1.807) is 44.2 Å². The van der Waals surface area contributed by atoms with E-state index in [1.165, 1.54) is 6.42 Å². The molecule has 3 unspecified atom stereocenters. The highest BCUT2D eigenvalue weighted by atomic mass is 16.5. The van der Waals surface area contributed by atoms with Gasteiger partial charge in [0.25, 0.3) is 0 Å². The predicted octanol–water partition coefficient (Wildman–Crippen LogP) is 4.75. The summed E-state index contributed by atoms with van der Waals surface area (Å²) in [6.45, 7) is 7.71. The van der Waals surface area contributed by atoms with E-state index in [0.29, 0.717) is 11.3 Å². The summed E-state index contributed by atoms with van der Waals surface area (Å²) < 4.78 is 5.75. The van der Waals surface area contributed by atoms with Crippen molar-refractivity contribution in [3.8, 4) is 5.75 Å². The second kappa shape index (κ2) is 12.9. The summed E-state index contributed by atoms with van der Waals surface area (Å²) in [5.74, 6) is -2.87. The molecule has 1 amide bonds. The molecule has 1 fully saturated rings. The van der Waals surface area contributed by atoms with Gasteiger partial charge in [0.15, 0.2) is 0 Å². The largest absolute Gasteiger partial charge is 0.480 e. The minimum atomic E-state index is -1.11. The van der Waals surface area contributed by atoms with E-state index in [9.17, 15) is 19.5 Å². The molecule has 1 heterocycles. The maximum atomic E-state index is 13.2. The molecule has 2 N–H and O–H groups in total. The Balaban J connectivity index is 1.79. The van der Waals surface area contributed by atoms with Gasteiger partial charge in [-0.2, -0.15) is 0 Å². The number of rotatable bonds is 10. The molecule has 0 spiro atoms. The fraction of sp³-hybridized carbons (Fsp3) is 0.500. The SMILES string of the molecule is CCC1(c2cccc(OC(=O)CC(C(=O)NC(C(=O)O)C(C)C)c3ccccc3)c2)CCCCN(C)C1. The first-order chi connectivity index (χ1) is 17.6. The van der Waals surface area contributed by atoms with Gasteiger partial charge in [-0.3, -0.25) is 9.59 Å². The highest BCUT2D eigenvalue weighted by Crippen LogP contribution is 2.37. The highest BCUT2D eigenvalue weighted by Gasteiger charge is 2.34. The molecule has 7 heteroatoms. The maximum Gasteiger partial charge on any atom is 0.326 e. The number of nitrogens with zero attached hydrogens (tertiary/aromatic N) is 1. The number of carbonyl (C=O) groups is 3. The van der Waals surface area contributed by atoms with E-state index in [-0.39, 0.29) is 17.8 Å². The van der Waals surface area contributed by atoms with Gasteiger partial charge in [0.1, 0.15) is 11.8 Å². The van der Waals surface area contributed by atoms with Crippen LogP contribution in [0.15, 0.2) is 54.6 Å². The molecule has 3 rings (SSSR count). The number of carbonyl (C=O) groups excluding carboxylic acids is 2. The average Bonchev–Trinajstić information content (AvgIpc) is 3.07. The summed E-state index contributed by atoms with van der Waals surface area (Å²) >= 11 is 0. The lowest BCUT2D eigenvalue weighted by Gasteiger charge is -2.35. The molecule has 0 saturated carbocycles. The van der Waals surface area contributed by atoms with Crippen molar-refractivity contribution < 1.29 is 24.2 Å². The first kappa shape index (κ1) is 28.4. The normalized spacial score (nSPS) is 20.0. The van der Waals surface area contributed by atoms with Crippen molar-refractivity contribution >= 4 is 17.8 Å². The number of nitrogens with one attached hydrogen (secondary N) is 1. The van der Waals surface area contributed by atoms with Gasteiger partial charge >= 0.3 is 11.9 Å². The van der Waals surface area contributed by atoms with Crippen LogP contribution in [0.2, 0.25) is 0 Å². The van der Waals surface area contributed by atoms with E-state index >= 15 is 0 Å². The molecule has 1 aliphatic heterocycles. The standard InChI is InChI=1S/C30H40N2O5/c1-5-30(16-9-10-17-32(4)20-30)23-14-11-15-24(18-23)37-26(33)19-25(22-12-7-6-8-13-22)28(34)31-27(21(2)3)29(35)36/h6-8,11-15,18,21,25,27H,5,9-10,16-17,19-20H2,1-4H3,(H,31,34)(H,35,36). The molecule has 0 radical (unpaired) electrons. The van der Waals surface area contributed by atoms with Gasteiger partial charge in [-0.05, 0) is 62.0 Å². The zero-order chi connectivity index (χ0) is 27.0. The molecule has 2 aromatic carbocycles. The number of benzene rings is 2. The summed E-state index contributed by atoms with van der Waals surface area (Å²) in [6, 6.07) is 15.6. The van der Waals surface area contributed by atoms with E-state index in [0.717, 1.165) is 37.9 Å². The fourth-order valence-electron chi connectivity index (χ4n) is 5.29. The van der Waals surface area contributed by atoms with Crippen LogP contribution in [-0.4, -0.2) is 54.0 Å². The Kier molecular flexibility index (Phi) is 9.86. The molecular formula is C30H40N2O5. The molecule has 3 atom stereocenters. The number of hydrogen-bond donors (Lipinski definition) is 2. The van der Waals surface area contributed by atoms with Crippen LogP contribution in [0.4, 0.5) is 0 Å². The molecule has 7 nitrogen and oxygen atoms in total. The third-order valence-electron chi connectivity index (χ3n) is 7.49. The maximum absolute atomic E-state index is 13.2. The molecule has 0 bridgehead atoms. The smallest absolute Gasteiger partial charge is 0.326 e. The zero-order valence-electron chi connectivity index (χ0n) is 22.4. The molecule has 0 aromatic heterocycles. The number of likely N-dealkylation sites (N-methyl/N-ethyl adjacent to an activating group) is 1. The van der Waals surface area contributed by atoms with Crippen LogP contribution in [0.1, 0.15) is 69.9 Å². The van der Waals surface area contributed by atoms with Crippen molar-refractivity contribution in [2.75, 3.05) is 20.1 Å². The van der Waals surface area contributed by atoms with Crippen molar-refractivity contribution in [1.82, 2.24) is 10.2 Å². The van der Waals surface area contributed by atoms with E-state index < -0.39 is 29.8 Å². The minimum Gasteiger partial charge on any atom is -0.480 e. The monoisotopic (exact) mass is 508 g/mol. The number of carboxylic acid groups (broad SMARTS) is 1. The van der Waals surface area contributed by atoms with Crippen molar-refractivity contribution in [2.45, 2.75) is 70.3 Å². The molecule has 2 aromatic rings. The van der Waals surface area contributed by atoms with Gasteiger partial charge in [-0.1, -0.05) is 69.7 Å². The van der Waals surface area contributed by atoms with Crippen LogP contribution in [0.5, 0.6) is 5.75 Å². The number of esters is 1. The van der Waals surface area contributed by atoms with Gasteiger partial charge in [-0.15, -0.1) is 0 Å². The summed E-state index contributed by atoms with van der Waals surface area (Å²) in [4.78, 5) is 40.3. The molecule has 1 saturated heterocycles. The molecule has 0 aliphatic carbocycles. The van der Waals surface area contributed by atoms with E-state index in [1.807, 2.05) is 18.2 Å². The molecule has 37 heavy (non-hydrogen) atoms. The lowest BCUT2D eigenvalue weighted by molar-refractivity contribution is -0.143. The number of hydrogen-bond acceptors (Lipinski definition) is 5. The number of amides is 1. The van der Waals surface area contributed by atoms with Crippen LogP contribution in [0.3, 0.4) is 0 Å². The summed E-state index contributed by atoms with van der Waals surface area (Å²) in [7, 11) is 2.16. The molecule has 1 aliphatic rings. The Bertz CT molecular complexity index is 1070. The van der Waals surface area contributed by atoms with E-state index in [2.05, 4.69) is 30.3 Å². The Morgan fingerprint density at radius 1 is 1.08 bits per heavy atom. The molecular weight excluding hydrogens is 468 g/mol. The van der Waals surface area contributed by atoms with Crippen molar-refractivity contribution in [2.24, 2.45) is 5.92 Å². The minimum absolute atomic E-state index is 0.00280. The Hall–Kier alpha value is -3.19. The first-order valence-electron chi connectivity index (χ1n) is 13.2.